The van der Waals surface area contributed by atoms with Crippen LogP contribution in [0.15, 0.2) is 47.4 Å². The van der Waals surface area contributed by atoms with Gasteiger partial charge in [-0.2, -0.15) is 0 Å². The summed E-state index contributed by atoms with van der Waals surface area (Å²) in [6.45, 7) is 0. The number of carbonyl (C=O) groups is 1. The van der Waals surface area contributed by atoms with E-state index >= 15 is 0 Å². The Morgan fingerprint density at radius 2 is 1.86 bits per heavy atom. The minimum Gasteiger partial charge on any atom is -0.478 e. The lowest BCUT2D eigenvalue weighted by molar-refractivity contribution is 0.0692. The van der Waals surface area contributed by atoms with E-state index in [2.05, 4.69) is 0 Å². The summed E-state index contributed by atoms with van der Waals surface area (Å²) in [4.78, 5) is 10.8. The molecule has 0 bridgehead atoms. The number of benzene rings is 2. The Morgan fingerprint density at radius 1 is 1.19 bits per heavy atom. The molecular weight excluding hydrogens is 319 g/mol. The zero-order valence-corrected chi connectivity index (χ0v) is 12.2. The van der Waals surface area contributed by atoms with E-state index in [1.807, 2.05) is 0 Å². The molecule has 0 saturated carbocycles. The first-order valence-electron chi connectivity index (χ1n) is 5.80. The van der Waals surface area contributed by atoms with Crippen molar-refractivity contribution in [3.05, 3.63) is 64.4 Å². The van der Waals surface area contributed by atoms with Crippen molar-refractivity contribution in [2.45, 2.75) is 10.6 Å². The molecule has 110 valence electrons. The predicted molar refractivity (Wildman–Crippen MR) is 75.7 cm³/mol. The molecule has 2 rings (SSSR count). The van der Waals surface area contributed by atoms with Crippen LogP contribution in [0.25, 0.3) is 0 Å². The van der Waals surface area contributed by atoms with Crippen LogP contribution < -0.4 is 0 Å². The first kappa shape index (κ1) is 15.5. The number of sulfone groups is 1. The highest BCUT2D eigenvalue weighted by molar-refractivity contribution is 7.90. The van der Waals surface area contributed by atoms with Gasteiger partial charge in [0.25, 0.3) is 0 Å². The molecule has 7 heteroatoms. The second kappa shape index (κ2) is 5.83. The van der Waals surface area contributed by atoms with Crippen LogP contribution in [0.3, 0.4) is 0 Å². The van der Waals surface area contributed by atoms with Crippen LogP contribution in [0.5, 0.6) is 0 Å². The van der Waals surface area contributed by atoms with Gasteiger partial charge in [0.2, 0.25) is 0 Å². The van der Waals surface area contributed by atoms with E-state index in [0.29, 0.717) is 0 Å². The van der Waals surface area contributed by atoms with Crippen molar-refractivity contribution >= 4 is 27.4 Å². The van der Waals surface area contributed by atoms with Crippen molar-refractivity contribution < 1.29 is 22.7 Å². The Morgan fingerprint density at radius 3 is 2.48 bits per heavy atom. The highest BCUT2D eigenvalue weighted by Gasteiger charge is 2.22. The monoisotopic (exact) mass is 328 g/mol. The zero-order chi connectivity index (χ0) is 15.6. The lowest BCUT2D eigenvalue weighted by Gasteiger charge is -2.08. The van der Waals surface area contributed by atoms with Gasteiger partial charge in [-0.05, 0) is 29.8 Å². The van der Waals surface area contributed by atoms with Crippen molar-refractivity contribution in [3.63, 3.8) is 0 Å². The number of aromatic carboxylic acids is 1. The fraction of sp³-hybridized carbons (Fsp3) is 0.0714. The van der Waals surface area contributed by atoms with E-state index in [1.54, 1.807) is 0 Å². The SMILES string of the molecule is O=C(O)c1ccccc1S(=O)(=O)Cc1ccc(F)c(Cl)c1. The molecule has 0 amide bonds. The van der Waals surface area contributed by atoms with Crippen molar-refractivity contribution in [2.24, 2.45) is 0 Å². The van der Waals surface area contributed by atoms with Crippen LogP contribution in [-0.2, 0) is 15.6 Å². The molecule has 21 heavy (non-hydrogen) atoms. The molecule has 0 aliphatic carbocycles. The smallest absolute Gasteiger partial charge is 0.337 e. The Labute approximate surface area is 125 Å². The van der Waals surface area contributed by atoms with Crippen molar-refractivity contribution in [1.82, 2.24) is 0 Å². The molecule has 4 nitrogen and oxygen atoms in total. The third kappa shape index (κ3) is 3.40. The molecular formula is C14H10ClFO4S. The molecule has 0 heterocycles. The standard InChI is InChI=1S/C14H10ClFO4S/c15-11-7-9(5-6-12(11)16)8-21(19,20)13-4-2-1-3-10(13)14(17)18/h1-7H,8H2,(H,17,18). The van der Waals surface area contributed by atoms with E-state index in [0.717, 1.165) is 6.07 Å². The molecule has 1 N–H and O–H groups in total. The molecule has 0 saturated heterocycles. The number of carboxylic acid groups (broad SMARTS) is 1. The maximum atomic E-state index is 13.1. The average Bonchev–Trinajstić information content (AvgIpc) is 2.42. The van der Waals surface area contributed by atoms with Crippen LogP contribution in [0.4, 0.5) is 4.39 Å². The van der Waals surface area contributed by atoms with E-state index in [1.165, 1.54) is 36.4 Å². The average molecular weight is 329 g/mol. The normalized spacial score (nSPS) is 11.3. The summed E-state index contributed by atoms with van der Waals surface area (Å²) in [5.41, 5.74) is -0.0210. The van der Waals surface area contributed by atoms with E-state index in [9.17, 15) is 17.6 Å². The quantitative estimate of drug-likeness (QED) is 0.935. The molecule has 0 aliphatic rings. The van der Waals surface area contributed by atoms with Crippen molar-refractivity contribution in [3.8, 4) is 0 Å². The molecule has 0 atom stereocenters. The number of hydrogen-bond acceptors (Lipinski definition) is 3. The summed E-state index contributed by atoms with van der Waals surface area (Å²) in [6.07, 6.45) is 0. The fourth-order valence-corrected chi connectivity index (χ4v) is 3.59. The van der Waals surface area contributed by atoms with Gasteiger partial charge in [0.15, 0.2) is 9.84 Å². The van der Waals surface area contributed by atoms with Crippen LogP contribution in [0, 0.1) is 5.82 Å². The van der Waals surface area contributed by atoms with Crippen LogP contribution >= 0.6 is 11.6 Å². The molecule has 0 aromatic heterocycles. The van der Waals surface area contributed by atoms with Gasteiger partial charge in [-0.25, -0.2) is 17.6 Å². The topological polar surface area (TPSA) is 71.4 Å². The Balaban J connectivity index is 2.43. The number of rotatable bonds is 4. The number of halogens is 2. The van der Waals surface area contributed by atoms with E-state index in [4.69, 9.17) is 16.7 Å². The summed E-state index contributed by atoms with van der Waals surface area (Å²) < 4.78 is 37.7. The first-order valence-corrected chi connectivity index (χ1v) is 7.83. The lowest BCUT2D eigenvalue weighted by atomic mass is 10.2. The van der Waals surface area contributed by atoms with Gasteiger partial charge in [0.1, 0.15) is 5.82 Å². The third-order valence-corrected chi connectivity index (χ3v) is 4.82. The first-order chi connectivity index (χ1) is 9.81. The maximum absolute atomic E-state index is 13.1. The molecule has 0 fully saturated rings. The predicted octanol–water partition coefficient (Wildman–Crippen LogP) is 3.15. The number of hydrogen-bond donors (Lipinski definition) is 1. The molecule has 0 radical (unpaired) electrons. The summed E-state index contributed by atoms with van der Waals surface area (Å²) >= 11 is 5.61. The molecule has 0 aliphatic heterocycles. The van der Waals surface area contributed by atoms with Crippen LogP contribution in [-0.4, -0.2) is 19.5 Å². The van der Waals surface area contributed by atoms with Gasteiger partial charge in [0, 0.05) is 0 Å². The second-order valence-corrected chi connectivity index (χ2v) is 6.67. The molecule has 0 unspecified atom stereocenters. The highest BCUT2D eigenvalue weighted by atomic mass is 35.5. The fourth-order valence-electron chi connectivity index (χ4n) is 1.84. The Bertz CT molecular complexity index is 802. The van der Waals surface area contributed by atoms with Gasteiger partial charge in [0.05, 0.1) is 21.2 Å². The minimum atomic E-state index is -3.88. The van der Waals surface area contributed by atoms with Gasteiger partial charge >= 0.3 is 5.97 Å². The van der Waals surface area contributed by atoms with Crippen molar-refractivity contribution in [2.75, 3.05) is 0 Å². The van der Waals surface area contributed by atoms with Gasteiger partial charge in [-0.3, -0.25) is 0 Å². The van der Waals surface area contributed by atoms with E-state index in [-0.39, 0.29) is 21.0 Å². The van der Waals surface area contributed by atoms with Gasteiger partial charge in [-0.15, -0.1) is 0 Å². The highest BCUT2D eigenvalue weighted by Crippen LogP contribution is 2.23. The summed E-state index contributed by atoms with van der Waals surface area (Å²) in [5, 5.41) is 8.85. The summed E-state index contributed by atoms with van der Waals surface area (Å²) in [6, 6.07) is 8.89. The molecule has 2 aromatic carbocycles. The minimum absolute atomic E-state index is 0.186. The summed E-state index contributed by atoms with van der Waals surface area (Å²) in [5.74, 6) is -2.44. The third-order valence-electron chi connectivity index (χ3n) is 2.79. The molecule has 0 spiro atoms. The van der Waals surface area contributed by atoms with Crippen molar-refractivity contribution in [1.29, 1.82) is 0 Å². The van der Waals surface area contributed by atoms with Gasteiger partial charge in [-0.1, -0.05) is 29.8 Å². The lowest BCUT2D eigenvalue weighted by Crippen LogP contribution is -2.11. The van der Waals surface area contributed by atoms with E-state index < -0.39 is 27.4 Å². The Kier molecular flexibility index (Phi) is 4.29. The zero-order valence-electron chi connectivity index (χ0n) is 10.6. The molecule has 2 aromatic rings. The van der Waals surface area contributed by atoms with Crippen LogP contribution in [0.1, 0.15) is 15.9 Å². The maximum Gasteiger partial charge on any atom is 0.337 e. The largest absolute Gasteiger partial charge is 0.478 e. The Hall–Kier alpha value is -1.92. The number of carboxylic acids is 1. The summed E-state index contributed by atoms with van der Waals surface area (Å²) in [7, 11) is -3.88. The van der Waals surface area contributed by atoms with Gasteiger partial charge < -0.3 is 5.11 Å². The second-order valence-electron chi connectivity index (χ2n) is 4.31. The van der Waals surface area contributed by atoms with Crippen LogP contribution in [0.2, 0.25) is 5.02 Å².